The number of ether oxygens (including phenoxy) is 1. The van der Waals surface area contributed by atoms with E-state index in [0.29, 0.717) is 12.0 Å². The topological polar surface area (TPSA) is 41.5 Å². The first-order valence-corrected chi connectivity index (χ1v) is 10.0. The summed E-state index contributed by atoms with van der Waals surface area (Å²) in [5.41, 5.74) is 1.22. The number of rotatable bonds is 4. The van der Waals surface area contributed by atoms with Gasteiger partial charge >= 0.3 is 0 Å². The number of anilines is 1. The number of benzene rings is 1. The van der Waals surface area contributed by atoms with E-state index >= 15 is 0 Å². The zero-order valence-corrected chi connectivity index (χ0v) is 16.0. The summed E-state index contributed by atoms with van der Waals surface area (Å²) in [7, 11) is 0. The molecule has 0 N–H and O–H groups in total. The standard InChI is InChI=1S/C18H23ClN4OS/c1-13-11-23(12-16(13)22-6-8-24-9-7-22)18-21-20-17(25-18)10-14-2-4-15(19)5-3-14/h2-5,13,16H,6-12H2,1H3. The Kier molecular flexibility index (Phi) is 5.22. The largest absolute Gasteiger partial charge is 0.379 e. The molecule has 0 spiro atoms. The summed E-state index contributed by atoms with van der Waals surface area (Å²) in [6.07, 6.45) is 0.811. The van der Waals surface area contributed by atoms with Crippen LogP contribution in [0.5, 0.6) is 0 Å². The maximum Gasteiger partial charge on any atom is 0.208 e. The van der Waals surface area contributed by atoms with Gasteiger partial charge in [-0.25, -0.2) is 0 Å². The molecular weight excluding hydrogens is 356 g/mol. The van der Waals surface area contributed by atoms with E-state index in [2.05, 4.69) is 39.1 Å². The van der Waals surface area contributed by atoms with Crippen molar-refractivity contribution in [3.05, 3.63) is 39.9 Å². The van der Waals surface area contributed by atoms with Gasteiger partial charge in [-0.1, -0.05) is 42.0 Å². The number of nitrogens with zero attached hydrogens (tertiary/aromatic N) is 4. The molecule has 2 saturated heterocycles. The molecule has 1 aromatic heterocycles. The van der Waals surface area contributed by atoms with Crippen molar-refractivity contribution < 1.29 is 4.74 Å². The van der Waals surface area contributed by atoms with E-state index in [1.165, 1.54) is 5.56 Å². The molecule has 7 heteroatoms. The smallest absolute Gasteiger partial charge is 0.208 e. The highest BCUT2D eigenvalue weighted by molar-refractivity contribution is 7.15. The molecule has 1 aromatic carbocycles. The van der Waals surface area contributed by atoms with Gasteiger partial charge in [-0.05, 0) is 23.6 Å². The number of aromatic nitrogens is 2. The Bertz CT molecular complexity index is 701. The summed E-state index contributed by atoms with van der Waals surface area (Å²) in [5, 5.41) is 11.7. The zero-order valence-electron chi connectivity index (χ0n) is 14.4. The Hall–Kier alpha value is -1.21. The number of hydrogen-bond donors (Lipinski definition) is 0. The van der Waals surface area contributed by atoms with E-state index in [4.69, 9.17) is 16.3 Å². The lowest BCUT2D eigenvalue weighted by Crippen LogP contribution is -2.46. The van der Waals surface area contributed by atoms with Gasteiger partial charge in [-0.2, -0.15) is 0 Å². The van der Waals surface area contributed by atoms with Gasteiger partial charge in [0, 0.05) is 43.7 Å². The number of hydrogen-bond acceptors (Lipinski definition) is 6. The highest BCUT2D eigenvalue weighted by Gasteiger charge is 2.35. The van der Waals surface area contributed by atoms with E-state index in [1.807, 2.05) is 12.1 Å². The van der Waals surface area contributed by atoms with Gasteiger partial charge in [-0.3, -0.25) is 4.90 Å². The van der Waals surface area contributed by atoms with Crippen molar-refractivity contribution in [2.24, 2.45) is 5.92 Å². The van der Waals surface area contributed by atoms with Crippen molar-refractivity contribution in [1.82, 2.24) is 15.1 Å². The summed E-state index contributed by atoms with van der Waals surface area (Å²) >= 11 is 7.66. The number of morpholine rings is 1. The third-order valence-corrected chi connectivity index (χ3v) is 6.32. The van der Waals surface area contributed by atoms with Crippen LogP contribution in [0, 0.1) is 5.92 Å². The molecule has 0 aliphatic carbocycles. The summed E-state index contributed by atoms with van der Waals surface area (Å²) < 4.78 is 5.49. The molecule has 25 heavy (non-hydrogen) atoms. The second-order valence-electron chi connectivity index (χ2n) is 6.88. The van der Waals surface area contributed by atoms with Crippen LogP contribution in [0.1, 0.15) is 17.5 Å². The van der Waals surface area contributed by atoms with Gasteiger partial charge in [0.1, 0.15) is 5.01 Å². The second-order valence-corrected chi connectivity index (χ2v) is 8.36. The van der Waals surface area contributed by atoms with E-state index in [0.717, 1.165) is 61.0 Å². The number of halogens is 1. The van der Waals surface area contributed by atoms with Crippen LogP contribution < -0.4 is 4.90 Å². The lowest BCUT2D eigenvalue weighted by atomic mass is 10.0. The maximum atomic E-state index is 5.95. The van der Waals surface area contributed by atoms with Crippen molar-refractivity contribution in [3.63, 3.8) is 0 Å². The van der Waals surface area contributed by atoms with E-state index < -0.39 is 0 Å². The molecule has 5 nitrogen and oxygen atoms in total. The normalized spacial score (nSPS) is 24.8. The fourth-order valence-electron chi connectivity index (χ4n) is 3.71. The minimum absolute atomic E-state index is 0.590. The minimum atomic E-state index is 0.590. The van der Waals surface area contributed by atoms with Gasteiger partial charge in [0.25, 0.3) is 0 Å². The quantitative estimate of drug-likeness (QED) is 0.818. The van der Waals surface area contributed by atoms with Crippen LogP contribution in [-0.4, -0.2) is 60.5 Å². The van der Waals surface area contributed by atoms with Gasteiger partial charge < -0.3 is 9.64 Å². The fourth-order valence-corrected chi connectivity index (χ4v) is 4.73. The minimum Gasteiger partial charge on any atom is -0.379 e. The highest BCUT2D eigenvalue weighted by atomic mass is 35.5. The molecular formula is C18H23ClN4OS. The molecule has 0 saturated carbocycles. The predicted octanol–water partition coefficient (Wildman–Crippen LogP) is 2.94. The molecule has 2 fully saturated rings. The van der Waals surface area contributed by atoms with E-state index in [9.17, 15) is 0 Å². The van der Waals surface area contributed by atoms with Crippen molar-refractivity contribution in [3.8, 4) is 0 Å². The van der Waals surface area contributed by atoms with Crippen LogP contribution in [-0.2, 0) is 11.2 Å². The Balaban J connectivity index is 1.41. The van der Waals surface area contributed by atoms with Crippen LogP contribution in [0.3, 0.4) is 0 Å². The Morgan fingerprint density at radius 2 is 1.92 bits per heavy atom. The van der Waals surface area contributed by atoms with Crippen LogP contribution in [0.4, 0.5) is 5.13 Å². The predicted molar refractivity (Wildman–Crippen MR) is 102 cm³/mol. The molecule has 2 aromatic rings. The molecule has 2 atom stereocenters. The Morgan fingerprint density at radius 3 is 2.68 bits per heavy atom. The Labute approximate surface area is 157 Å². The van der Waals surface area contributed by atoms with Gasteiger partial charge in [0.2, 0.25) is 5.13 Å². The Morgan fingerprint density at radius 1 is 1.16 bits per heavy atom. The molecule has 2 aliphatic rings. The molecule has 3 heterocycles. The van der Waals surface area contributed by atoms with Gasteiger partial charge in [-0.15, -0.1) is 10.2 Å². The summed E-state index contributed by atoms with van der Waals surface area (Å²) in [6.45, 7) is 8.23. The van der Waals surface area contributed by atoms with Crippen LogP contribution in [0.15, 0.2) is 24.3 Å². The van der Waals surface area contributed by atoms with E-state index in [1.54, 1.807) is 11.3 Å². The summed E-state index contributed by atoms with van der Waals surface area (Å²) in [5.74, 6) is 0.640. The maximum absolute atomic E-state index is 5.95. The van der Waals surface area contributed by atoms with Gasteiger partial charge in [0.05, 0.1) is 13.2 Å². The second kappa shape index (κ2) is 7.58. The van der Waals surface area contributed by atoms with Crippen molar-refractivity contribution >= 4 is 28.1 Å². The van der Waals surface area contributed by atoms with Crippen LogP contribution >= 0.6 is 22.9 Å². The van der Waals surface area contributed by atoms with Gasteiger partial charge in [0.15, 0.2) is 0 Å². The molecule has 0 amide bonds. The lowest BCUT2D eigenvalue weighted by Gasteiger charge is -2.33. The summed E-state index contributed by atoms with van der Waals surface area (Å²) in [4.78, 5) is 4.97. The molecule has 134 valence electrons. The SMILES string of the molecule is CC1CN(c2nnc(Cc3ccc(Cl)cc3)s2)CC1N1CCOCC1. The van der Waals surface area contributed by atoms with Crippen molar-refractivity contribution in [2.75, 3.05) is 44.3 Å². The zero-order chi connectivity index (χ0) is 17.2. The van der Waals surface area contributed by atoms with Crippen LogP contribution in [0.2, 0.25) is 5.02 Å². The lowest BCUT2D eigenvalue weighted by molar-refractivity contribution is 0.0134. The third-order valence-electron chi connectivity index (χ3n) is 5.08. The van der Waals surface area contributed by atoms with Crippen molar-refractivity contribution in [1.29, 1.82) is 0 Å². The third kappa shape index (κ3) is 3.97. The molecule has 2 unspecified atom stereocenters. The first kappa shape index (κ1) is 17.2. The fraction of sp³-hybridized carbons (Fsp3) is 0.556. The van der Waals surface area contributed by atoms with E-state index in [-0.39, 0.29) is 0 Å². The van der Waals surface area contributed by atoms with Crippen LogP contribution in [0.25, 0.3) is 0 Å². The summed E-state index contributed by atoms with van der Waals surface area (Å²) in [6, 6.07) is 8.54. The van der Waals surface area contributed by atoms with Crippen molar-refractivity contribution in [2.45, 2.75) is 19.4 Å². The first-order chi connectivity index (χ1) is 12.2. The average molecular weight is 379 g/mol. The molecule has 0 radical (unpaired) electrons. The highest BCUT2D eigenvalue weighted by Crippen LogP contribution is 2.30. The average Bonchev–Trinajstić information content (AvgIpc) is 3.24. The first-order valence-electron chi connectivity index (χ1n) is 8.82. The molecule has 4 rings (SSSR count). The molecule has 0 bridgehead atoms. The molecule has 2 aliphatic heterocycles. The monoisotopic (exact) mass is 378 g/mol.